The van der Waals surface area contributed by atoms with Crippen LogP contribution >= 0.6 is 0 Å². The summed E-state index contributed by atoms with van der Waals surface area (Å²) in [5, 5.41) is 2.69. The summed E-state index contributed by atoms with van der Waals surface area (Å²) in [5.74, 6) is -0.895. The molecule has 1 aromatic heterocycles. The maximum atomic E-state index is 13.2. The van der Waals surface area contributed by atoms with Gasteiger partial charge in [-0.3, -0.25) is 24.2 Å². The van der Waals surface area contributed by atoms with Crippen LogP contribution in [0.2, 0.25) is 0 Å². The zero-order valence-electron chi connectivity index (χ0n) is 22.1. The minimum Gasteiger partial charge on any atom is -0.497 e. The molecule has 2 atom stereocenters. The van der Waals surface area contributed by atoms with Crippen molar-refractivity contribution in [3.8, 4) is 5.75 Å². The van der Waals surface area contributed by atoms with Crippen LogP contribution in [0.5, 0.6) is 5.75 Å². The van der Waals surface area contributed by atoms with Crippen molar-refractivity contribution in [2.45, 2.75) is 59.2 Å². The molecular formula is C27H34N4O6. The molecule has 0 saturated carbocycles. The van der Waals surface area contributed by atoms with Crippen molar-refractivity contribution in [3.05, 3.63) is 53.7 Å². The van der Waals surface area contributed by atoms with Crippen molar-refractivity contribution in [2.75, 3.05) is 18.6 Å². The maximum absolute atomic E-state index is 13.2. The summed E-state index contributed by atoms with van der Waals surface area (Å²) in [6.45, 7) is 8.97. The van der Waals surface area contributed by atoms with E-state index in [9.17, 15) is 19.2 Å². The van der Waals surface area contributed by atoms with Gasteiger partial charge in [0.15, 0.2) is 0 Å². The Labute approximate surface area is 216 Å². The monoisotopic (exact) mass is 510 g/mol. The van der Waals surface area contributed by atoms with E-state index in [0.29, 0.717) is 23.7 Å². The number of carbonyl (C=O) groups is 4. The highest BCUT2D eigenvalue weighted by molar-refractivity contribution is 6.08. The summed E-state index contributed by atoms with van der Waals surface area (Å²) >= 11 is 0. The zero-order valence-corrected chi connectivity index (χ0v) is 22.1. The highest BCUT2D eigenvalue weighted by atomic mass is 16.6. The molecule has 0 spiro atoms. The number of imide groups is 1. The molecule has 0 radical (unpaired) electrons. The maximum Gasteiger partial charge on any atom is 0.416 e. The molecule has 0 bridgehead atoms. The van der Waals surface area contributed by atoms with Crippen molar-refractivity contribution in [2.24, 2.45) is 5.92 Å². The number of pyridine rings is 1. The lowest BCUT2D eigenvalue weighted by molar-refractivity contribution is -0.170. The van der Waals surface area contributed by atoms with Crippen LogP contribution in [0.25, 0.3) is 0 Å². The number of β-lactam (4-membered cyclic amide) rings is 1. The quantitative estimate of drug-likeness (QED) is 0.542. The fraction of sp³-hybridized carbons (Fsp3) is 0.444. The van der Waals surface area contributed by atoms with Crippen LogP contribution in [-0.4, -0.2) is 59.0 Å². The first kappa shape index (κ1) is 27.6. The van der Waals surface area contributed by atoms with Crippen molar-refractivity contribution >= 4 is 29.6 Å². The normalized spacial score (nSPS) is 17.0. The molecule has 10 heteroatoms. The summed E-state index contributed by atoms with van der Waals surface area (Å²) < 4.78 is 10.8. The molecule has 2 heterocycles. The number of amides is 4. The number of nitrogens with zero attached hydrogens (tertiary/aromatic N) is 3. The van der Waals surface area contributed by atoms with Gasteiger partial charge in [0.25, 0.3) is 0 Å². The van der Waals surface area contributed by atoms with Crippen LogP contribution in [-0.2, 0) is 32.1 Å². The van der Waals surface area contributed by atoms with E-state index in [0.717, 1.165) is 10.5 Å². The molecule has 1 fully saturated rings. The Kier molecular flexibility index (Phi) is 8.52. The van der Waals surface area contributed by atoms with E-state index in [1.807, 2.05) is 12.1 Å². The van der Waals surface area contributed by atoms with Gasteiger partial charge in [0, 0.05) is 19.7 Å². The summed E-state index contributed by atoms with van der Waals surface area (Å²) in [4.78, 5) is 57.2. The van der Waals surface area contributed by atoms with E-state index >= 15 is 0 Å². The van der Waals surface area contributed by atoms with Gasteiger partial charge in [0.1, 0.15) is 23.2 Å². The van der Waals surface area contributed by atoms with Gasteiger partial charge in [-0.25, -0.2) is 9.78 Å². The molecule has 0 unspecified atom stereocenters. The number of ether oxygens (including phenoxy) is 2. The lowest BCUT2D eigenvalue weighted by atomic mass is 9.81. The van der Waals surface area contributed by atoms with E-state index < -0.39 is 35.5 Å². The summed E-state index contributed by atoms with van der Waals surface area (Å²) in [6.07, 6.45) is 1.18. The summed E-state index contributed by atoms with van der Waals surface area (Å²) in [7, 11) is 1.58. The van der Waals surface area contributed by atoms with Gasteiger partial charge < -0.3 is 14.8 Å². The predicted octanol–water partition coefficient (Wildman–Crippen LogP) is 3.08. The van der Waals surface area contributed by atoms with E-state index in [4.69, 9.17) is 9.47 Å². The number of likely N-dealkylation sites (tertiary alicyclic amines) is 1. The lowest BCUT2D eigenvalue weighted by Crippen LogP contribution is -2.68. The summed E-state index contributed by atoms with van der Waals surface area (Å²) in [6, 6.07) is 9.85. The second-order valence-corrected chi connectivity index (χ2v) is 9.81. The second-order valence-electron chi connectivity index (χ2n) is 9.81. The van der Waals surface area contributed by atoms with Crippen LogP contribution in [0.15, 0.2) is 42.6 Å². The third-order valence-electron chi connectivity index (χ3n) is 5.83. The average Bonchev–Trinajstić information content (AvgIpc) is 2.83. The number of rotatable bonds is 8. The number of anilines is 1. The van der Waals surface area contributed by atoms with Gasteiger partial charge in [-0.15, -0.1) is 0 Å². The Bertz CT molecular complexity index is 1160. The Morgan fingerprint density at radius 2 is 1.78 bits per heavy atom. The van der Waals surface area contributed by atoms with Crippen LogP contribution in [0, 0.1) is 5.92 Å². The van der Waals surface area contributed by atoms with Crippen LogP contribution in [0.3, 0.4) is 0 Å². The first-order valence-electron chi connectivity index (χ1n) is 12.1. The molecule has 3 rings (SSSR count). The van der Waals surface area contributed by atoms with Gasteiger partial charge >= 0.3 is 6.09 Å². The first-order chi connectivity index (χ1) is 17.4. The van der Waals surface area contributed by atoms with Crippen LogP contribution in [0.4, 0.5) is 10.6 Å². The molecule has 1 aliphatic rings. The topological polar surface area (TPSA) is 118 Å². The lowest BCUT2D eigenvalue weighted by Gasteiger charge is -2.44. The molecule has 2 aromatic rings. The standard InChI is InChI=1S/C27H34N4O6/c1-7-28-24(33)23-21(25(34)31(23)17(2)32)14-19-12-13-29-22(15-19)30(26(35)37-27(3,4)5)16-18-8-10-20(36-6)11-9-18/h8-13,15,21,23H,7,14,16H2,1-6H3,(H,28,33)/t21-,23+/m1/s1. The highest BCUT2D eigenvalue weighted by Crippen LogP contribution is 2.31. The number of nitrogens with one attached hydrogen (secondary N) is 1. The zero-order chi connectivity index (χ0) is 27.3. The van der Waals surface area contributed by atoms with Crippen molar-refractivity contribution in [1.29, 1.82) is 0 Å². The molecule has 37 heavy (non-hydrogen) atoms. The number of aromatic nitrogens is 1. The van der Waals surface area contributed by atoms with E-state index in [1.165, 1.54) is 11.8 Å². The van der Waals surface area contributed by atoms with Gasteiger partial charge in [-0.2, -0.15) is 0 Å². The molecule has 1 aliphatic heterocycles. The largest absolute Gasteiger partial charge is 0.497 e. The van der Waals surface area contributed by atoms with Crippen molar-refractivity contribution in [3.63, 3.8) is 0 Å². The Balaban J connectivity index is 1.88. The fourth-order valence-corrected chi connectivity index (χ4v) is 4.14. The van der Waals surface area contributed by atoms with Crippen LogP contribution < -0.4 is 15.0 Å². The van der Waals surface area contributed by atoms with Crippen LogP contribution in [0.1, 0.15) is 45.7 Å². The third kappa shape index (κ3) is 6.63. The predicted molar refractivity (Wildman–Crippen MR) is 137 cm³/mol. The molecule has 198 valence electrons. The molecule has 1 N–H and O–H groups in total. The SMILES string of the molecule is CCNC(=O)[C@@H]1[C@@H](Cc2ccnc(N(Cc3ccc(OC)cc3)C(=O)OC(C)(C)C)c2)C(=O)N1C(C)=O. The number of likely N-dealkylation sites (N-methyl/N-ethyl adjacent to an activating group) is 1. The molecule has 1 aromatic carbocycles. The molecule has 4 amide bonds. The Morgan fingerprint density at radius 1 is 1.11 bits per heavy atom. The second kappa shape index (κ2) is 11.4. The molecule has 0 aliphatic carbocycles. The molecule has 1 saturated heterocycles. The first-order valence-corrected chi connectivity index (χ1v) is 12.1. The Hall–Kier alpha value is -3.95. The number of hydrogen-bond acceptors (Lipinski definition) is 7. The van der Waals surface area contributed by atoms with E-state index in [1.54, 1.807) is 65.3 Å². The smallest absolute Gasteiger partial charge is 0.416 e. The minimum atomic E-state index is -0.872. The minimum absolute atomic E-state index is 0.192. The molecular weight excluding hydrogens is 476 g/mol. The van der Waals surface area contributed by atoms with Gasteiger partial charge in [-0.05, 0) is 69.5 Å². The number of carbonyl (C=O) groups excluding carboxylic acids is 4. The third-order valence-corrected chi connectivity index (χ3v) is 5.83. The fourth-order valence-electron chi connectivity index (χ4n) is 4.14. The van der Waals surface area contributed by atoms with E-state index in [2.05, 4.69) is 10.3 Å². The van der Waals surface area contributed by atoms with Gasteiger partial charge in [0.2, 0.25) is 17.7 Å². The van der Waals surface area contributed by atoms with Gasteiger partial charge in [0.05, 0.1) is 19.6 Å². The number of hydrogen-bond donors (Lipinski definition) is 1. The van der Waals surface area contributed by atoms with Gasteiger partial charge in [-0.1, -0.05) is 12.1 Å². The molecule has 10 nitrogen and oxygen atoms in total. The number of benzene rings is 1. The van der Waals surface area contributed by atoms with Crippen molar-refractivity contribution < 1.29 is 28.7 Å². The number of methoxy groups -OCH3 is 1. The summed E-state index contributed by atoms with van der Waals surface area (Å²) in [5.41, 5.74) is 0.812. The average molecular weight is 511 g/mol. The highest BCUT2D eigenvalue weighted by Gasteiger charge is 2.53. The van der Waals surface area contributed by atoms with E-state index in [-0.39, 0.29) is 18.9 Å². The Morgan fingerprint density at radius 3 is 2.35 bits per heavy atom. The van der Waals surface area contributed by atoms with Crippen molar-refractivity contribution in [1.82, 2.24) is 15.2 Å².